The lowest BCUT2D eigenvalue weighted by Crippen LogP contribution is -2.47. The van der Waals surface area contributed by atoms with Crippen molar-refractivity contribution >= 4 is 29.1 Å². The lowest BCUT2D eigenvalue weighted by molar-refractivity contribution is 0.0664. The zero-order chi connectivity index (χ0) is 12.4. The summed E-state index contributed by atoms with van der Waals surface area (Å²) in [7, 11) is 2.03. The summed E-state index contributed by atoms with van der Waals surface area (Å²) in [5.41, 5.74) is 0.306. The zero-order valence-electron chi connectivity index (χ0n) is 9.49. The minimum Gasteiger partial charge on any atom is -0.336 e. The number of carbonyl (C=O) groups excluding carboxylic acids is 1. The van der Waals surface area contributed by atoms with E-state index >= 15 is 0 Å². The first kappa shape index (κ1) is 12.6. The predicted molar refractivity (Wildman–Crippen MR) is 67.7 cm³/mol. The largest absolute Gasteiger partial charge is 0.336 e. The number of aromatic nitrogens is 1. The lowest BCUT2D eigenvalue weighted by Gasteiger charge is -2.32. The third-order valence-electron chi connectivity index (χ3n) is 2.86. The standard InChI is InChI=1S/C11H13Cl2N3O/c1-15-4-6-16(7-5-15)11(17)9-8(12)2-3-14-10(9)13/h2-3H,4-7H2,1H3. The fourth-order valence-electron chi connectivity index (χ4n) is 1.77. The number of halogens is 2. The molecule has 0 aromatic carbocycles. The van der Waals surface area contributed by atoms with E-state index < -0.39 is 0 Å². The first-order valence-electron chi connectivity index (χ1n) is 5.37. The fourth-order valence-corrected chi connectivity index (χ4v) is 2.29. The van der Waals surface area contributed by atoms with Crippen molar-refractivity contribution in [3.8, 4) is 0 Å². The number of pyridine rings is 1. The first-order chi connectivity index (χ1) is 8.09. The van der Waals surface area contributed by atoms with Crippen molar-refractivity contribution < 1.29 is 4.79 Å². The summed E-state index contributed by atoms with van der Waals surface area (Å²) in [6.45, 7) is 3.11. The Morgan fingerprint density at radius 3 is 2.53 bits per heavy atom. The molecule has 0 bridgehead atoms. The van der Waals surface area contributed by atoms with Crippen LogP contribution < -0.4 is 0 Å². The Hall–Kier alpha value is -0.840. The molecule has 2 heterocycles. The summed E-state index contributed by atoms with van der Waals surface area (Å²) >= 11 is 11.9. The number of hydrogen-bond acceptors (Lipinski definition) is 3. The number of piperazine rings is 1. The molecule has 4 nitrogen and oxygen atoms in total. The van der Waals surface area contributed by atoms with Crippen LogP contribution in [-0.2, 0) is 0 Å². The van der Waals surface area contributed by atoms with Crippen molar-refractivity contribution in [1.82, 2.24) is 14.8 Å². The molecule has 0 radical (unpaired) electrons. The molecule has 1 saturated heterocycles. The zero-order valence-corrected chi connectivity index (χ0v) is 11.0. The van der Waals surface area contributed by atoms with Gasteiger partial charge in [0.25, 0.3) is 5.91 Å². The van der Waals surface area contributed by atoms with Gasteiger partial charge in [-0.25, -0.2) is 4.98 Å². The van der Waals surface area contributed by atoms with Gasteiger partial charge < -0.3 is 9.80 Å². The van der Waals surface area contributed by atoms with Gasteiger partial charge in [0.1, 0.15) is 5.15 Å². The molecule has 6 heteroatoms. The molecule has 1 aliphatic rings. The minimum absolute atomic E-state index is 0.138. The maximum absolute atomic E-state index is 12.2. The SMILES string of the molecule is CN1CCN(C(=O)c2c(Cl)ccnc2Cl)CC1. The molecule has 17 heavy (non-hydrogen) atoms. The highest BCUT2D eigenvalue weighted by Gasteiger charge is 2.24. The van der Waals surface area contributed by atoms with E-state index in [1.54, 1.807) is 11.0 Å². The van der Waals surface area contributed by atoms with E-state index in [-0.39, 0.29) is 11.1 Å². The van der Waals surface area contributed by atoms with E-state index in [1.807, 2.05) is 7.05 Å². The van der Waals surface area contributed by atoms with Gasteiger partial charge in [-0.05, 0) is 13.1 Å². The van der Waals surface area contributed by atoms with Crippen LogP contribution in [0.15, 0.2) is 12.3 Å². The Kier molecular flexibility index (Phi) is 3.86. The molecule has 92 valence electrons. The monoisotopic (exact) mass is 273 g/mol. The maximum atomic E-state index is 12.2. The van der Waals surface area contributed by atoms with Gasteiger partial charge in [-0.3, -0.25) is 4.79 Å². The number of nitrogens with zero attached hydrogens (tertiary/aromatic N) is 3. The van der Waals surface area contributed by atoms with Crippen molar-refractivity contribution in [3.63, 3.8) is 0 Å². The Morgan fingerprint density at radius 2 is 1.94 bits per heavy atom. The molecule has 0 atom stereocenters. The quantitative estimate of drug-likeness (QED) is 0.732. The third-order valence-corrected chi connectivity index (χ3v) is 3.46. The van der Waals surface area contributed by atoms with Crippen LogP contribution in [0.2, 0.25) is 10.2 Å². The van der Waals surface area contributed by atoms with E-state index in [1.165, 1.54) is 6.20 Å². The van der Waals surface area contributed by atoms with Gasteiger partial charge in [-0.15, -0.1) is 0 Å². The van der Waals surface area contributed by atoms with E-state index in [9.17, 15) is 4.79 Å². The van der Waals surface area contributed by atoms with Crippen LogP contribution in [0.1, 0.15) is 10.4 Å². The van der Waals surface area contributed by atoms with Crippen LogP contribution in [0, 0.1) is 0 Å². The number of rotatable bonds is 1. The summed E-state index contributed by atoms with van der Waals surface area (Å²) in [6.07, 6.45) is 1.49. The molecular weight excluding hydrogens is 261 g/mol. The molecule has 2 rings (SSSR count). The average molecular weight is 274 g/mol. The summed E-state index contributed by atoms with van der Waals surface area (Å²) in [5.74, 6) is -0.138. The van der Waals surface area contributed by atoms with E-state index in [4.69, 9.17) is 23.2 Å². The normalized spacial score (nSPS) is 17.2. The Bertz CT molecular complexity index is 410. The number of likely N-dealkylation sites (N-methyl/N-ethyl adjacent to an activating group) is 1. The Balaban J connectivity index is 2.20. The van der Waals surface area contributed by atoms with Gasteiger partial charge in [0.05, 0.1) is 10.6 Å². The lowest BCUT2D eigenvalue weighted by atomic mass is 10.2. The van der Waals surface area contributed by atoms with Crippen molar-refractivity contribution in [2.45, 2.75) is 0 Å². The maximum Gasteiger partial charge on any atom is 0.258 e. The Labute approximate surface area is 110 Å². The van der Waals surface area contributed by atoms with Crippen LogP contribution in [0.25, 0.3) is 0 Å². The van der Waals surface area contributed by atoms with Crippen LogP contribution in [0.3, 0.4) is 0 Å². The number of hydrogen-bond donors (Lipinski definition) is 0. The van der Waals surface area contributed by atoms with Gasteiger partial charge in [-0.1, -0.05) is 23.2 Å². The van der Waals surface area contributed by atoms with Crippen molar-refractivity contribution in [2.75, 3.05) is 33.2 Å². The van der Waals surface area contributed by atoms with E-state index in [0.29, 0.717) is 23.7 Å². The second-order valence-corrected chi connectivity index (χ2v) is 4.82. The molecule has 1 aromatic heterocycles. The van der Waals surface area contributed by atoms with E-state index in [0.717, 1.165) is 13.1 Å². The minimum atomic E-state index is -0.138. The molecule has 0 unspecified atom stereocenters. The molecule has 1 aromatic rings. The third kappa shape index (κ3) is 2.70. The summed E-state index contributed by atoms with van der Waals surface area (Å²) in [4.78, 5) is 20.1. The molecule has 1 fully saturated rings. The average Bonchev–Trinajstić information content (AvgIpc) is 2.29. The second-order valence-electron chi connectivity index (χ2n) is 4.05. The molecular formula is C11H13Cl2N3O. The summed E-state index contributed by atoms with van der Waals surface area (Å²) in [5, 5.41) is 0.523. The second kappa shape index (κ2) is 5.21. The van der Waals surface area contributed by atoms with Gasteiger partial charge in [0.2, 0.25) is 0 Å². The molecule has 1 amide bonds. The number of amides is 1. The molecule has 0 aliphatic carbocycles. The highest BCUT2D eigenvalue weighted by molar-refractivity contribution is 6.38. The van der Waals surface area contributed by atoms with Crippen molar-refractivity contribution in [3.05, 3.63) is 28.0 Å². The fraction of sp³-hybridized carbons (Fsp3) is 0.455. The molecule has 0 N–H and O–H groups in total. The number of carbonyl (C=O) groups is 1. The van der Waals surface area contributed by atoms with Crippen LogP contribution >= 0.6 is 23.2 Å². The highest BCUT2D eigenvalue weighted by atomic mass is 35.5. The van der Waals surface area contributed by atoms with Gasteiger partial charge >= 0.3 is 0 Å². The first-order valence-corrected chi connectivity index (χ1v) is 6.13. The summed E-state index contributed by atoms with van der Waals surface area (Å²) < 4.78 is 0. The molecule has 0 spiro atoms. The molecule has 0 saturated carbocycles. The van der Waals surface area contributed by atoms with Gasteiger partial charge in [0, 0.05) is 32.4 Å². The van der Waals surface area contributed by atoms with Crippen molar-refractivity contribution in [1.29, 1.82) is 0 Å². The van der Waals surface area contributed by atoms with E-state index in [2.05, 4.69) is 9.88 Å². The van der Waals surface area contributed by atoms with Crippen LogP contribution in [0.5, 0.6) is 0 Å². The topological polar surface area (TPSA) is 36.4 Å². The Morgan fingerprint density at radius 1 is 1.29 bits per heavy atom. The summed E-state index contributed by atoms with van der Waals surface area (Å²) in [6, 6.07) is 1.58. The van der Waals surface area contributed by atoms with Crippen molar-refractivity contribution in [2.24, 2.45) is 0 Å². The smallest absolute Gasteiger partial charge is 0.258 e. The van der Waals surface area contributed by atoms with Gasteiger partial charge in [-0.2, -0.15) is 0 Å². The molecule has 1 aliphatic heterocycles. The van der Waals surface area contributed by atoms with Crippen LogP contribution in [-0.4, -0.2) is 53.9 Å². The van der Waals surface area contributed by atoms with Crippen LogP contribution in [0.4, 0.5) is 0 Å². The van der Waals surface area contributed by atoms with Gasteiger partial charge in [0.15, 0.2) is 0 Å². The highest BCUT2D eigenvalue weighted by Crippen LogP contribution is 2.23. The predicted octanol–water partition coefficient (Wildman–Crippen LogP) is 1.78.